The number of thioether (sulfide) groups is 1. The molecule has 0 amide bonds. The summed E-state index contributed by atoms with van der Waals surface area (Å²) in [6.07, 6.45) is 0.960. The number of aliphatic hydroxyl groups is 1. The Labute approximate surface area is 113 Å². The van der Waals surface area contributed by atoms with Crippen LogP contribution >= 0.6 is 23.4 Å². The summed E-state index contributed by atoms with van der Waals surface area (Å²) in [4.78, 5) is 1.22. The zero-order valence-corrected chi connectivity index (χ0v) is 11.9. The maximum atomic E-state index is 9.22. The SMILES string of the molecule is CC(C)NC(CO)CCSc1ccc(Cl)cc1. The van der Waals surface area contributed by atoms with Crippen molar-refractivity contribution in [3.05, 3.63) is 29.3 Å². The van der Waals surface area contributed by atoms with Gasteiger partial charge in [0.05, 0.1) is 6.61 Å². The predicted molar refractivity (Wildman–Crippen MR) is 75.9 cm³/mol. The first-order valence-electron chi connectivity index (χ1n) is 5.87. The smallest absolute Gasteiger partial charge is 0.0585 e. The van der Waals surface area contributed by atoms with Crippen molar-refractivity contribution >= 4 is 23.4 Å². The van der Waals surface area contributed by atoms with E-state index in [1.54, 1.807) is 11.8 Å². The number of benzene rings is 1. The molecule has 96 valence electrons. The first-order valence-corrected chi connectivity index (χ1v) is 7.23. The molecule has 0 aliphatic carbocycles. The lowest BCUT2D eigenvalue weighted by Crippen LogP contribution is -2.37. The maximum Gasteiger partial charge on any atom is 0.0585 e. The van der Waals surface area contributed by atoms with E-state index in [2.05, 4.69) is 19.2 Å². The lowest BCUT2D eigenvalue weighted by molar-refractivity contribution is 0.232. The van der Waals surface area contributed by atoms with Crippen molar-refractivity contribution in [1.29, 1.82) is 0 Å². The predicted octanol–water partition coefficient (Wildman–Crippen LogP) is 3.18. The molecule has 1 rings (SSSR count). The minimum absolute atomic E-state index is 0.190. The van der Waals surface area contributed by atoms with Gasteiger partial charge in [0.15, 0.2) is 0 Å². The molecule has 0 fully saturated rings. The van der Waals surface area contributed by atoms with Crippen molar-refractivity contribution in [3.63, 3.8) is 0 Å². The molecule has 1 unspecified atom stereocenters. The number of rotatable bonds is 7. The van der Waals surface area contributed by atoms with Gasteiger partial charge >= 0.3 is 0 Å². The van der Waals surface area contributed by atoms with Crippen LogP contribution < -0.4 is 5.32 Å². The molecule has 4 heteroatoms. The number of aliphatic hydroxyl groups excluding tert-OH is 1. The molecule has 0 saturated heterocycles. The van der Waals surface area contributed by atoms with Gasteiger partial charge in [-0.05, 0) is 36.4 Å². The highest BCUT2D eigenvalue weighted by Crippen LogP contribution is 2.21. The standard InChI is InChI=1S/C13H20ClNOS/c1-10(2)15-12(9-16)7-8-17-13-5-3-11(14)4-6-13/h3-6,10,12,15-16H,7-9H2,1-2H3. The summed E-state index contributed by atoms with van der Waals surface area (Å²) in [5.41, 5.74) is 0. The average Bonchev–Trinajstić information content (AvgIpc) is 2.30. The normalized spacial score (nSPS) is 13.0. The number of nitrogens with one attached hydrogen (secondary N) is 1. The second-order valence-corrected chi connectivity index (χ2v) is 5.90. The zero-order valence-electron chi connectivity index (χ0n) is 10.3. The Morgan fingerprint density at radius 1 is 1.29 bits per heavy atom. The summed E-state index contributed by atoms with van der Waals surface area (Å²) in [6, 6.07) is 8.45. The van der Waals surface area contributed by atoms with Crippen LogP contribution in [0.2, 0.25) is 5.02 Å². The third-order valence-electron chi connectivity index (χ3n) is 2.34. The van der Waals surface area contributed by atoms with Gasteiger partial charge in [0.2, 0.25) is 0 Å². The fraction of sp³-hybridized carbons (Fsp3) is 0.538. The van der Waals surface area contributed by atoms with Crippen LogP contribution in [0, 0.1) is 0 Å². The number of halogens is 1. The second-order valence-electron chi connectivity index (χ2n) is 4.29. The van der Waals surface area contributed by atoms with Gasteiger partial charge < -0.3 is 10.4 Å². The van der Waals surface area contributed by atoms with E-state index in [1.807, 2.05) is 24.3 Å². The molecule has 0 aromatic heterocycles. The van der Waals surface area contributed by atoms with E-state index in [9.17, 15) is 5.11 Å². The molecular weight excluding hydrogens is 254 g/mol. The van der Waals surface area contributed by atoms with Crippen LogP contribution in [0.1, 0.15) is 20.3 Å². The van der Waals surface area contributed by atoms with E-state index in [1.165, 1.54) is 4.90 Å². The first-order chi connectivity index (χ1) is 8.11. The fourth-order valence-corrected chi connectivity index (χ4v) is 2.64. The quantitative estimate of drug-likeness (QED) is 0.749. The van der Waals surface area contributed by atoms with Crippen molar-refractivity contribution in [1.82, 2.24) is 5.32 Å². The number of hydrogen-bond donors (Lipinski definition) is 2. The third-order valence-corrected chi connectivity index (χ3v) is 3.64. The summed E-state index contributed by atoms with van der Waals surface area (Å²) < 4.78 is 0. The first kappa shape index (κ1) is 14.8. The molecular formula is C13H20ClNOS. The zero-order chi connectivity index (χ0) is 12.7. The summed E-state index contributed by atoms with van der Waals surface area (Å²) >= 11 is 7.61. The van der Waals surface area contributed by atoms with E-state index in [-0.39, 0.29) is 12.6 Å². The summed E-state index contributed by atoms with van der Waals surface area (Å²) in [7, 11) is 0. The van der Waals surface area contributed by atoms with Crippen molar-refractivity contribution in [2.24, 2.45) is 0 Å². The molecule has 17 heavy (non-hydrogen) atoms. The van der Waals surface area contributed by atoms with Gasteiger partial charge in [-0.15, -0.1) is 11.8 Å². The molecule has 1 aromatic rings. The van der Waals surface area contributed by atoms with E-state index in [0.29, 0.717) is 6.04 Å². The van der Waals surface area contributed by atoms with Gasteiger partial charge in [0, 0.05) is 22.0 Å². The molecule has 0 aliphatic rings. The molecule has 2 nitrogen and oxygen atoms in total. The van der Waals surface area contributed by atoms with Crippen LogP contribution in [0.3, 0.4) is 0 Å². The average molecular weight is 274 g/mol. The Balaban J connectivity index is 2.28. The van der Waals surface area contributed by atoms with Crippen molar-refractivity contribution in [2.45, 2.75) is 37.2 Å². The van der Waals surface area contributed by atoms with Gasteiger partial charge in [0.25, 0.3) is 0 Å². The second kappa shape index (κ2) is 7.98. The van der Waals surface area contributed by atoms with Gasteiger partial charge in [-0.25, -0.2) is 0 Å². The highest BCUT2D eigenvalue weighted by Gasteiger charge is 2.08. The van der Waals surface area contributed by atoms with Gasteiger partial charge in [0.1, 0.15) is 0 Å². The van der Waals surface area contributed by atoms with Crippen LogP contribution in [0.15, 0.2) is 29.2 Å². The number of hydrogen-bond acceptors (Lipinski definition) is 3. The Kier molecular flexibility index (Phi) is 6.97. The van der Waals surface area contributed by atoms with E-state index in [4.69, 9.17) is 11.6 Å². The lowest BCUT2D eigenvalue weighted by Gasteiger charge is -2.18. The van der Waals surface area contributed by atoms with Gasteiger partial charge in [-0.1, -0.05) is 25.4 Å². The van der Waals surface area contributed by atoms with Crippen LogP contribution in [0.25, 0.3) is 0 Å². The third kappa shape index (κ3) is 6.32. The monoisotopic (exact) mass is 273 g/mol. The summed E-state index contributed by atoms with van der Waals surface area (Å²) in [6.45, 7) is 4.38. The highest BCUT2D eigenvalue weighted by atomic mass is 35.5. The van der Waals surface area contributed by atoms with E-state index in [0.717, 1.165) is 17.2 Å². The Morgan fingerprint density at radius 3 is 2.47 bits per heavy atom. The van der Waals surface area contributed by atoms with Crippen LogP contribution in [0.4, 0.5) is 0 Å². The minimum Gasteiger partial charge on any atom is -0.395 e. The van der Waals surface area contributed by atoms with Gasteiger partial charge in [-0.2, -0.15) is 0 Å². The van der Waals surface area contributed by atoms with E-state index < -0.39 is 0 Å². The lowest BCUT2D eigenvalue weighted by atomic mass is 10.2. The summed E-state index contributed by atoms with van der Waals surface area (Å²) in [5, 5.41) is 13.3. The molecule has 0 bridgehead atoms. The van der Waals surface area contributed by atoms with Crippen molar-refractivity contribution in [3.8, 4) is 0 Å². The maximum absolute atomic E-state index is 9.22. The largest absolute Gasteiger partial charge is 0.395 e. The van der Waals surface area contributed by atoms with Crippen LogP contribution in [0.5, 0.6) is 0 Å². The van der Waals surface area contributed by atoms with Crippen molar-refractivity contribution in [2.75, 3.05) is 12.4 Å². The molecule has 2 N–H and O–H groups in total. The molecule has 1 atom stereocenters. The Morgan fingerprint density at radius 2 is 1.94 bits per heavy atom. The molecule has 1 aromatic carbocycles. The van der Waals surface area contributed by atoms with Crippen molar-refractivity contribution < 1.29 is 5.11 Å². The topological polar surface area (TPSA) is 32.3 Å². The summed E-state index contributed by atoms with van der Waals surface area (Å²) in [5.74, 6) is 0.993. The molecule has 0 spiro atoms. The minimum atomic E-state index is 0.190. The van der Waals surface area contributed by atoms with Gasteiger partial charge in [-0.3, -0.25) is 0 Å². The molecule has 0 radical (unpaired) electrons. The fourth-order valence-electron chi connectivity index (χ4n) is 1.55. The molecule has 0 aliphatic heterocycles. The van der Waals surface area contributed by atoms with Crippen LogP contribution in [-0.2, 0) is 0 Å². The van der Waals surface area contributed by atoms with Crippen LogP contribution in [-0.4, -0.2) is 29.5 Å². The van der Waals surface area contributed by atoms with E-state index >= 15 is 0 Å². The highest BCUT2D eigenvalue weighted by molar-refractivity contribution is 7.99. The molecule has 0 heterocycles. The Bertz CT molecular complexity index is 316. The Hall–Kier alpha value is -0.220. The molecule has 0 saturated carbocycles.